The third kappa shape index (κ3) is 8.97. The highest BCUT2D eigenvalue weighted by molar-refractivity contribution is 5.68. The van der Waals surface area contributed by atoms with Gasteiger partial charge in [-0.3, -0.25) is 4.79 Å². The number of nitrogens with one attached hydrogen (secondary N) is 2. The second-order valence-electron chi connectivity index (χ2n) is 11.2. The Balaban J connectivity index is 1.95. The van der Waals surface area contributed by atoms with Crippen molar-refractivity contribution in [2.24, 2.45) is 0 Å². The number of aromatic nitrogens is 2. The lowest BCUT2D eigenvalue weighted by Crippen LogP contribution is -2.47. The molecule has 3 rings (SSSR count). The number of likely N-dealkylation sites (N-methyl/N-ethyl adjacent to an activating group) is 1. The molecule has 0 saturated heterocycles. The van der Waals surface area contributed by atoms with Crippen molar-refractivity contribution in [1.29, 1.82) is 0 Å². The molecule has 0 aliphatic carbocycles. The Morgan fingerprint density at radius 1 is 1.22 bits per heavy atom. The highest BCUT2D eigenvalue weighted by Gasteiger charge is 2.31. The number of amides is 1. The third-order valence-corrected chi connectivity index (χ3v) is 6.45. The van der Waals surface area contributed by atoms with Crippen LogP contribution < -0.4 is 16.3 Å². The van der Waals surface area contributed by atoms with Crippen LogP contribution in [-0.2, 0) is 30.4 Å². The van der Waals surface area contributed by atoms with Crippen LogP contribution in [0.1, 0.15) is 63.4 Å². The number of anilines is 1. The number of alkyl halides is 3. The summed E-state index contributed by atoms with van der Waals surface area (Å²) in [6.07, 6.45) is 0.255. The van der Waals surface area contributed by atoms with Crippen molar-refractivity contribution in [3.63, 3.8) is 0 Å². The van der Waals surface area contributed by atoms with E-state index in [0.717, 1.165) is 25.1 Å². The lowest BCUT2D eigenvalue weighted by atomic mass is 10.1. The van der Waals surface area contributed by atoms with Gasteiger partial charge in [-0.2, -0.15) is 17.8 Å². The van der Waals surface area contributed by atoms with Crippen molar-refractivity contribution in [3.05, 3.63) is 69.2 Å². The minimum atomic E-state index is -4.42. The van der Waals surface area contributed by atoms with E-state index >= 15 is 0 Å². The Kier molecular flexibility index (Phi) is 10.5. The average Bonchev–Trinajstić information content (AvgIpc) is 2.88. The molecule has 1 amide bonds. The van der Waals surface area contributed by atoms with E-state index in [1.807, 2.05) is 26.1 Å². The van der Waals surface area contributed by atoms with E-state index in [1.54, 1.807) is 20.8 Å². The summed E-state index contributed by atoms with van der Waals surface area (Å²) in [6, 6.07) is 4.60. The molecule has 1 aliphatic rings. The molecule has 0 saturated carbocycles. The molecule has 1 unspecified atom stereocenters. The number of benzene rings is 1. The van der Waals surface area contributed by atoms with Crippen molar-refractivity contribution in [3.8, 4) is 0 Å². The minimum Gasteiger partial charge on any atom is -0.444 e. The zero-order chi connectivity index (χ0) is 30.4. The molecule has 226 valence electrons. The zero-order valence-corrected chi connectivity index (χ0v) is 24.6. The second-order valence-corrected chi connectivity index (χ2v) is 11.2. The fraction of sp³-hybridized carbons (Fsp3) is 0.552. The lowest BCUT2D eigenvalue weighted by Gasteiger charge is -2.31. The topological polar surface area (TPSA) is 91.7 Å². The SMILES string of the molecule is C/C=C\C(CN(C)CCC)Nn1c(NCc2ccc(C(F)(F)F)cc2)nc2c(c1=O)CN(C(=O)OC(C)(C)C)CC2. The van der Waals surface area contributed by atoms with Crippen LogP contribution >= 0.6 is 0 Å². The third-order valence-electron chi connectivity index (χ3n) is 6.45. The lowest BCUT2D eigenvalue weighted by molar-refractivity contribution is -0.137. The van der Waals surface area contributed by atoms with Crippen LogP contribution in [0, 0.1) is 0 Å². The van der Waals surface area contributed by atoms with E-state index in [0.29, 0.717) is 36.3 Å². The summed E-state index contributed by atoms with van der Waals surface area (Å²) >= 11 is 0. The molecule has 0 bridgehead atoms. The van der Waals surface area contributed by atoms with Crippen LogP contribution in [0.4, 0.5) is 23.9 Å². The first-order valence-electron chi connectivity index (χ1n) is 13.8. The van der Waals surface area contributed by atoms with Crippen LogP contribution in [0.3, 0.4) is 0 Å². The molecule has 2 N–H and O–H groups in total. The van der Waals surface area contributed by atoms with Crippen molar-refractivity contribution >= 4 is 12.0 Å². The number of fused-ring (bicyclic) bond motifs is 1. The first-order valence-corrected chi connectivity index (χ1v) is 13.8. The number of nitrogens with zero attached hydrogens (tertiary/aromatic N) is 4. The number of hydrogen-bond acceptors (Lipinski definition) is 7. The van der Waals surface area contributed by atoms with Crippen LogP contribution in [0.5, 0.6) is 0 Å². The maximum absolute atomic E-state index is 13.9. The smallest absolute Gasteiger partial charge is 0.416 e. The predicted molar refractivity (Wildman–Crippen MR) is 153 cm³/mol. The summed E-state index contributed by atoms with van der Waals surface area (Å²) in [7, 11) is 2.00. The fourth-order valence-corrected chi connectivity index (χ4v) is 4.54. The van der Waals surface area contributed by atoms with Gasteiger partial charge < -0.3 is 25.3 Å². The molecule has 2 aromatic rings. The molecule has 1 aliphatic heterocycles. The molecule has 1 aromatic heterocycles. The maximum Gasteiger partial charge on any atom is 0.416 e. The van der Waals surface area contributed by atoms with E-state index in [2.05, 4.69) is 22.6 Å². The predicted octanol–water partition coefficient (Wildman–Crippen LogP) is 5.00. The summed E-state index contributed by atoms with van der Waals surface area (Å²) in [5.74, 6) is 0.243. The quantitative estimate of drug-likeness (QED) is 0.384. The van der Waals surface area contributed by atoms with Gasteiger partial charge in [-0.15, -0.1) is 0 Å². The van der Waals surface area contributed by atoms with Gasteiger partial charge in [0.2, 0.25) is 5.95 Å². The van der Waals surface area contributed by atoms with Crippen molar-refractivity contribution < 1.29 is 22.7 Å². The Morgan fingerprint density at radius 2 is 1.90 bits per heavy atom. The Hall–Kier alpha value is -3.54. The maximum atomic E-state index is 13.9. The van der Waals surface area contributed by atoms with Gasteiger partial charge in [-0.1, -0.05) is 31.2 Å². The number of carbonyl (C=O) groups excluding carboxylic acids is 1. The highest BCUT2D eigenvalue weighted by Crippen LogP contribution is 2.29. The van der Waals surface area contributed by atoms with Gasteiger partial charge in [0.15, 0.2) is 0 Å². The number of carbonyl (C=O) groups is 1. The fourth-order valence-electron chi connectivity index (χ4n) is 4.54. The number of ether oxygens (including phenoxy) is 1. The number of allylic oxidation sites excluding steroid dienone is 1. The van der Waals surface area contributed by atoms with Gasteiger partial charge in [0.05, 0.1) is 29.4 Å². The largest absolute Gasteiger partial charge is 0.444 e. The molecular formula is C29H41F3N6O3. The van der Waals surface area contributed by atoms with Crippen LogP contribution in [0.15, 0.2) is 41.2 Å². The number of halogens is 3. The van der Waals surface area contributed by atoms with Crippen LogP contribution in [-0.4, -0.2) is 63.9 Å². The summed E-state index contributed by atoms with van der Waals surface area (Å²) in [4.78, 5) is 35.0. The van der Waals surface area contributed by atoms with Gasteiger partial charge in [0.1, 0.15) is 5.60 Å². The van der Waals surface area contributed by atoms with Gasteiger partial charge in [0.25, 0.3) is 5.56 Å². The molecule has 9 nitrogen and oxygen atoms in total. The van der Waals surface area contributed by atoms with Crippen LogP contribution in [0.2, 0.25) is 0 Å². The average molecular weight is 579 g/mol. The standard InChI is InChI=1S/C29H41F3N6O3/c1-7-9-22(18-36(6)15-8-2)35-38-25(39)23-19-37(27(40)41-28(3,4)5)16-14-24(23)34-26(38)33-17-20-10-12-21(13-11-20)29(30,31)32/h7,9-13,22,35H,8,14-19H2,1-6H3,(H,33,34)/b9-7-. The second kappa shape index (κ2) is 13.4. The minimum absolute atomic E-state index is 0.0565. The molecular weight excluding hydrogens is 537 g/mol. The molecule has 2 heterocycles. The van der Waals surface area contributed by atoms with Crippen molar-refractivity contribution in [1.82, 2.24) is 19.5 Å². The monoisotopic (exact) mass is 578 g/mol. The molecule has 12 heteroatoms. The molecule has 0 radical (unpaired) electrons. The summed E-state index contributed by atoms with van der Waals surface area (Å²) in [6.45, 7) is 11.4. The van der Waals surface area contributed by atoms with Gasteiger partial charge in [-0.05, 0) is 65.4 Å². The Bertz CT molecular complexity index is 1270. The molecule has 1 aromatic carbocycles. The molecule has 41 heavy (non-hydrogen) atoms. The molecule has 0 spiro atoms. The highest BCUT2D eigenvalue weighted by atomic mass is 19.4. The Labute approximate surface area is 239 Å². The summed E-state index contributed by atoms with van der Waals surface area (Å²) in [5.41, 5.74) is 3.06. The first-order chi connectivity index (χ1) is 19.2. The molecule has 1 atom stereocenters. The normalized spacial score (nSPS) is 14.7. The van der Waals surface area contributed by atoms with Crippen LogP contribution in [0.25, 0.3) is 0 Å². The van der Waals surface area contributed by atoms with E-state index in [9.17, 15) is 22.8 Å². The summed E-state index contributed by atoms with van der Waals surface area (Å²) < 4.78 is 45.8. The number of rotatable bonds is 10. The van der Waals surface area contributed by atoms with Gasteiger partial charge in [0, 0.05) is 26.1 Å². The number of hydrogen-bond donors (Lipinski definition) is 2. The Morgan fingerprint density at radius 3 is 2.49 bits per heavy atom. The van der Waals surface area contributed by atoms with Crippen molar-refractivity contribution in [2.45, 2.75) is 78.4 Å². The zero-order valence-electron chi connectivity index (χ0n) is 24.6. The van der Waals surface area contributed by atoms with E-state index in [-0.39, 0.29) is 30.6 Å². The van der Waals surface area contributed by atoms with Gasteiger partial charge >= 0.3 is 12.3 Å². The first kappa shape index (κ1) is 32.0. The van der Waals surface area contributed by atoms with E-state index < -0.39 is 23.4 Å². The van der Waals surface area contributed by atoms with Gasteiger partial charge in [-0.25, -0.2) is 9.78 Å². The molecule has 0 fully saturated rings. The van der Waals surface area contributed by atoms with Crippen molar-refractivity contribution in [2.75, 3.05) is 37.4 Å². The van der Waals surface area contributed by atoms with E-state index in [1.165, 1.54) is 21.7 Å². The van der Waals surface area contributed by atoms with E-state index in [4.69, 9.17) is 9.72 Å². The summed E-state index contributed by atoms with van der Waals surface area (Å²) in [5, 5.41) is 3.13.